The highest BCUT2D eigenvalue weighted by Crippen LogP contribution is 2.26. The molecule has 0 radical (unpaired) electrons. The van der Waals surface area contributed by atoms with E-state index in [4.69, 9.17) is 0 Å². The number of hydrogen-bond acceptors (Lipinski definition) is 3. The summed E-state index contributed by atoms with van der Waals surface area (Å²) < 4.78 is 0. The van der Waals surface area contributed by atoms with E-state index in [9.17, 15) is 5.11 Å². The van der Waals surface area contributed by atoms with Crippen LogP contribution >= 0.6 is 0 Å². The molecule has 1 aliphatic carbocycles. The summed E-state index contributed by atoms with van der Waals surface area (Å²) in [6, 6.07) is 0.512. The molecule has 0 aromatic heterocycles. The quantitative estimate of drug-likeness (QED) is 0.638. The monoisotopic (exact) mass is 284 g/mol. The summed E-state index contributed by atoms with van der Waals surface area (Å²) in [5.41, 5.74) is -0.441. The Morgan fingerprint density at radius 3 is 2.25 bits per heavy atom. The molecule has 0 aliphatic heterocycles. The van der Waals surface area contributed by atoms with Crippen LogP contribution in [-0.4, -0.2) is 47.8 Å². The van der Waals surface area contributed by atoms with Crippen molar-refractivity contribution in [2.75, 3.05) is 26.2 Å². The lowest BCUT2D eigenvalue weighted by Crippen LogP contribution is -2.43. The van der Waals surface area contributed by atoms with Crippen molar-refractivity contribution in [3.8, 4) is 0 Å². The SMILES string of the molecule is CCN(CC)CCCC(C)NCC1(O)CCCCCC1. The third kappa shape index (κ3) is 7.05. The first-order valence-corrected chi connectivity index (χ1v) is 8.77. The first-order valence-electron chi connectivity index (χ1n) is 8.77. The van der Waals surface area contributed by atoms with Crippen LogP contribution < -0.4 is 5.32 Å². The molecule has 1 atom stereocenters. The van der Waals surface area contributed by atoms with Gasteiger partial charge in [0, 0.05) is 12.6 Å². The molecule has 1 rings (SSSR count). The maximum atomic E-state index is 10.6. The Hall–Kier alpha value is -0.120. The van der Waals surface area contributed by atoms with Crippen LogP contribution in [0.3, 0.4) is 0 Å². The van der Waals surface area contributed by atoms with Gasteiger partial charge in [-0.3, -0.25) is 0 Å². The molecule has 1 fully saturated rings. The molecular weight excluding hydrogens is 248 g/mol. The zero-order valence-corrected chi connectivity index (χ0v) is 14.0. The van der Waals surface area contributed by atoms with Gasteiger partial charge in [0.2, 0.25) is 0 Å². The van der Waals surface area contributed by atoms with Crippen molar-refractivity contribution in [2.24, 2.45) is 0 Å². The number of aliphatic hydroxyl groups is 1. The van der Waals surface area contributed by atoms with Gasteiger partial charge in [-0.1, -0.05) is 39.5 Å². The van der Waals surface area contributed by atoms with Gasteiger partial charge >= 0.3 is 0 Å². The van der Waals surface area contributed by atoms with Gasteiger partial charge in [0.15, 0.2) is 0 Å². The van der Waals surface area contributed by atoms with Crippen molar-refractivity contribution in [3.63, 3.8) is 0 Å². The fourth-order valence-electron chi connectivity index (χ4n) is 3.19. The normalized spacial score (nSPS) is 20.9. The lowest BCUT2D eigenvalue weighted by molar-refractivity contribution is 0.0228. The lowest BCUT2D eigenvalue weighted by Gasteiger charge is -2.29. The molecule has 0 heterocycles. The van der Waals surface area contributed by atoms with Crippen molar-refractivity contribution < 1.29 is 5.11 Å². The van der Waals surface area contributed by atoms with Gasteiger partial charge in [-0.2, -0.15) is 0 Å². The van der Waals surface area contributed by atoms with E-state index in [0.717, 1.165) is 32.5 Å². The maximum absolute atomic E-state index is 10.6. The second-order valence-corrected chi connectivity index (χ2v) is 6.59. The standard InChI is InChI=1S/C17H36N2O/c1-4-19(5-2)14-10-11-16(3)18-15-17(20)12-8-6-7-9-13-17/h16,18,20H,4-15H2,1-3H3. The molecular formula is C17H36N2O. The Morgan fingerprint density at radius 2 is 1.70 bits per heavy atom. The minimum absolute atomic E-state index is 0.441. The Bertz CT molecular complexity index is 233. The Morgan fingerprint density at radius 1 is 1.10 bits per heavy atom. The molecule has 1 unspecified atom stereocenters. The molecule has 1 aliphatic rings. The van der Waals surface area contributed by atoms with E-state index in [1.807, 2.05) is 0 Å². The zero-order valence-electron chi connectivity index (χ0n) is 14.0. The molecule has 20 heavy (non-hydrogen) atoms. The van der Waals surface area contributed by atoms with Gasteiger partial charge in [-0.15, -0.1) is 0 Å². The Kier molecular flexibility index (Phi) is 8.74. The van der Waals surface area contributed by atoms with Crippen LogP contribution in [-0.2, 0) is 0 Å². The van der Waals surface area contributed by atoms with Gasteiger partial charge in [0.1, 0.15) is 0 Å². The van der Waals surface area contributed by atoms with Crippen LogP contribution in [0.5, 0.6) is 0 Å². The van der Waals surface area contributed by atoms with Gasteiger partial charge < -0.3 is 15.3 Å². The second-order valence-electron chi connectivity index (χ2n) is 6.59. The Labute approximate surface area is 126 Å². The van der Waals surface area contributed by atoms with Gasteiger partial charge in [0.25, 0.3) is 0 Å². The van der Waals surface area contributed by atoms with Crippen molar-refractivity contribution in [2.45, 2.75) is 83.8 Å². The van der Waals surface area contributed by atoms with Crippen LogP contribution in [0.15, 0.2) is 0 Å². The minimum atomic E-state index is -0.441. The molecule has 0 spiro atoms. The molecule has 120 valence electrons. The molecule has 3 nitrogen and oxygen atoms in total. The van der Waals surface area contributed by atoms with E-state index in [1.54, 1.807) is 0 Å². The number of nitrogens with zero attached hydrogens (tertiary/aromatic N) is 1. The molecule has 1 saturated carbocycles. The van der Waals surface area contributed by atoms with Crippen LogP contribution in [0.2, 0.25) is 0 Å². The molecule has 0 amide bonds. The summed E-state index contributed by atoms with van der Waals surface area (Å²) in [6.07, 6.45) is 9.37. The van der Waals surface area contributed by atoms with Gasteiger partial charge in [-0.25, -0.2) is 0 Å². The average Bonchev–Trinajstić information content (AvgIpc) is 2.67. The van der Waals surface area contributed by atoms with Crippen molar-refractivity contribution in [1.29, 1.82) is 0 Å². The predicted molar refractivity (Wildman–Crippen MR) is 87.1 cm³/mol. The maximum Gasteiger partial charge on any atom is 0.0771 e. The summed E-state index contributed by atoms with van der Waals surface area (Å²) in [7, 11) is 0. The smallest absolute Gasteiger partial charge is 0.0771 e. The summed E-state index contributed by atoms with van der Waals surface area (Å²) in [4.78, 5) is 2.48. The van der Waals surface area contributed by atoms with Crippen LogP contribution in [0.25, 0.3) is 0 Å². The third-order valence-corrected chi connectivity index (χ3v) is 4.82. The second kappa shape index (κ2) is 9.75. The average molecular weight is 284 g/mol. The van der Waals surface area contributed by atoms with Crippen molar-refractivity contribution in [1.82, 2.24) is 10.2 Å². The summed E-state index contributed by atoms with van der Waals surface area (Å²) in [5.74, 6) is 0. The topological polar surface area (TPSA) is 35.5 Å². The van der Waals surface area contributed by atoms with E-state index < -0.39 is 5.60 Å². The molecule has 0 aromatic rings. The minimum Gasteiger partial charge on any atom is -0.389 e. The van der Waals surface area contributed by atoms with Crippen molar-refractivity contribution in [3.05, 3.63) is 0 Å². The van der Waals surface area contributed by atoms with Crippen LogP contribution in [0.1, 0.15) is 72.1 Å². The molecule has 2 N–H and O–H groups in total. The summed E-state index contributed by atoms with van der Waals surface area (Å²) in [6.45, 7) is 11.0. The molecule has 3 heteroatoms. The van der Waals surface area contributed by atoms with Gasteiger partial charge in [-0.05, 0) is 52.2 Å². The summed E-state index contributed by atoms with van der Waals surface area (Å²) in [5, 5.41) is 14.2. The van der Waals surface area contributed by atoms with E-state index in [2.05, 4.69) is 31.0 Å². The van der Waals surface area contributed by atoms with E-state index in [0.29, 0.717) is 6.04 Å². The van der Waals surface area contributed by atoms with Crippen LogP contribution in [0.4, 0.5) is 0 Å². The Balaban J connectivity index is 2.16. The van der Waals surface area contributed by atoms with Crippen molar-refractivity contribution >= 4 is 0 Å². The number of rotatable bonds is 9. The first kappa shape index (κ1) is 17.9. The largest absolute Gasteiger partial charge is 0.389 e. The first-order chi connectivity index (χ1) is 9.59. The third-order valence-electron chi connectivity index (χ3n) is 4.82. The number of nitrogens with one attached hydrogen (secondary N) is 1. The van der Waals surface area contributed by atoms with Gasteiger partial charge in [0.05, 0.1) is 5.60 Å². The predicted octanol–water partition coefficient (Wildman–Crippen LogP) is 3.17. The highest BCUT2D eigenvalue weighted by atomic mass is 16.3. The fourth-order valence-corrected chi connectivity index (χ4v) is 3.19. The lowest BCUT2D eigenvalue weighted by atomic mass is 9.94. The highest BCUT2D eigenvalue weighted by Gasteiger charge is 2.27. The van der Waals surface area contributed by atoms with E-state index in [-0.39, 0.29) is 0 Å². The van der Waals surface area contributed by atoms with Crippen LogP contribution in [0, 0.1) is 0 Å². The van der Waals surface area contributed by atoms with E-state index >= 15 is 0 Å². The highest BCUT2D eigenvalue weighted by molar-refractivity contribution is 4.84. The molecule has 0 saturated heterocycles. The fraction of sp³-hybridized carbons (Fsp3) is 1.00. The summed E-state index contributed by atoms with van der Waals surface area (Å²) >= 11 is 0. The number of hydrogen-bond donors (Lipinski definition) is 2. The molecule has 0 aromatic carbocycles. The molecule has 0 bridgehead atoms. The van der Waals surface area contributed by atoms with E-state index in [1.165, 1.54) is 45.1 Å². The zero-order chi connectivity index (χ0) is 14.8.